The Bertz CT molecular complexity index is 711. The second-order valence-electron chi connectivity index (χ2n) is 4.99. The standard InChI is InChI=1S/C14H16N2O3S/c1-14(2)13(17)16(20(14,18)19)10-12-7-4-3-6-11(12)8-5-9-15/h3-4,6-7H,9-10,15H2,1-2H3. The van der Waals surface area contributed by atoms with Gasteiger partial charge in [-0.25, -0.2) is 12.7 Å². The van der Waals surface area contributed by atoms with Crippen LogP contribution in [0.25, 0.3) is 0 Å². The molecule has 0 radical (unpaired) electrons. The van der Waals surface area contributed by atoms with E-state index in [1.807, 2.05) is 0 Å². The predicted octanol–water partition coefficient (Wildman–Crippen LogP) is 0.447. The maximum atomic E-state index is 12.1. The molecule has 2 N–H and O–H groups in total. The third-order valence-electron chi connectivity index (χ3n) is 3.33. The molecule has 5 nitrogen and oxygen atoms in total. The lowest BCUT2D eigenvalue weighted by Gasteiger charge is -2.43. The van der Waals surface area contributed by atoms with Crippen LogP contribution in [0.15, 0.2) is 24.3 Å². The molecule has 106 valence electrons. The molecule has 0 unspecified atom stereocenters. The van der Waals surface area contributed by atoms with Gasteiger partial charge >= 0.3 is 0 Å². The normalized spacial score (nSPS) is 18.9. The Labute approximate surface area is 118 Å². The van der Waals surface area contributed by atoms with Crippen molar-refractivity contribution in [3.8, 4) is 11.8 Å². The molecule has 1 aromatic carbocycles. The average Bonchev–Trinajstić information content (AvgIpc) is 2.42. The van der Waals surface area contributed by atoms with Gasteiger partial charge in [-0.1, -0.05) is 30.0 Å². The third-order valence-corrected chi connectivity index (χ3v) is 5.67. The molecule has 0 aliphatic carbocycles. The Kier molecular flexibility index (Phi) is 3.59. The molecule has 2 rings (SSSR count). The number of benzene rings is 1. The fourth-order valence-corrected chi connectivity index (χ4v) is 3.50. The summed E-state index contributed by atoms with van der Waals surface area (Å²) in [5.41, 5.74) is 6.71. The minimum Gasteiger partial charge on any atom is -0.320 e. The van der Waals surface area contributed by atoms with Crippen molar-refractivity contribution in [2.75, 3.05) is 6.54 Å². The number of nitrogens with two attached hydrogens (primary N) is 1. The van der Waals surface area contributed by atoms with Gasteiger partial charge in [-0.3, -0.25) is 4.79 Å². The quantitative estimate of drug-likeness (QED) is 0.802. The van der Waals surface area contributed by atoms with Crippen molar-refractivity contribution in [1.29, 1.82) is 0 Å². The number of carbonyl (C=O) groups is 1. The zero-order valence-corrected chi connectivity index (χ0v) is 12.2. The van der Waals surface area contributed by atoms with Crippen molar-refractivity contribution in [3.05, 3.63) is 35.4 Å². The molecular weight excluding hydrogens is 276 g/mol. The number of rotatable bonds is 2. The lowest BCUT2D eigenvalue weighted by Crippen LogP contribution is -2.66. The molecule has 0 bridgehead atoms. The van der Waals surface area contributed by atoms with Gasteiger partial charge < -0.3 is 5.73 Å². The zero-order valence-electron chi connectivity index (χ0n) is 11.4. The first kappa shape index (κ1) is 14.6. The van der Waals surface area contributed by atoms with Crippen LogP contribution in [0, 0.1) is 11.8 Å². The van der Waals surface area contributed by atoms with Crippen molar-refractivity contribution in [2.45, 2.75) is 25.1 Å². The first-order valence-corrected chi connectivity index (χ1v) is 7.60. The van der Waals surface area contributed by atoms with E-state index in [1.54, 1.807) is 24.3 Å². The van der Waals surface area contributed by atoms with Crippen molar-refractivity contribution in [3.63, 3.8) is 0 Å². The molecule has 1 heterocycles. The smallest absolute Gasteiger partial charge is 0.259 e. The van der Waals surface area contributed by atoms with Gasteiger partial charge in [0.15, 0.2) is 4.75 Å². The van der Waals surface area contributed by atoms with Gasteiger partial charge in [0.05, 0.1) is 13.1 Å². The number of carbonyl (C=O) groups excluding carboxylic acids is 1. The SMILES string of the molecule is CC1(C)C(=O)N(Cc2ccccc2C#CCN)S1(=O)=O. The largest absolute Gasteiger partial charge is 0.320 e. The molecule has 1 fully saturated rings. The van der Waals surface area contributed by atoms with Crippen molar-refractivity contribution >= 4 is 15.9 Å². The summed E-state index contributed by atoms with van der Waals surface area (Å²) >= 11 is 0. The van der Waals surface area contributed by atoms with Crippen molar-refractivity contribution in [2.24, 2.45) is 5.73 Å². The van der Waals surface area contributed by atoms with Crippen LogP contribution < -0.4 is 5.73 Å². The van der Waals surface area contributed by atoms with Gasteiger partial charge in [-0.05, 0) is 25.5 Å². The minimum absolute atomic E-state index is 0.0139. The summed E-state index contributed by atoms with van der Waals surface area (Å²) in [6.07, 6.45) is 0. The highest BCUT2D eigenvalue weighted by molar-refractivity contribution is 7.94. The van der Waals surface area contributed by atoms with Crippen LogP contribution >= 0.6 is 0 Å². The highest BCUT2D eigenvalue weighted by Gasteiger charge is 2.59. The lowest BCUT2D eigenvalue weighted by atomic mass is 10.1. The number of sulfonamides is 1. The third kappa shape index (κ3) is 2.09. The van der Waals surface area contributed by atoms with E-state index in [0.717, 1.165) is 4.31 Å². The molecule has 1 saturated heterocycles. The molecule has 1 aromatic rings. The van der Waals surface area contributed by atoms with E-state index in [1.165, 1.54) is 13.8 Å². The van der Waals surface area contributed by atoms with Crippen LogP contribution in [-0.2, 0) is 21.4 Å². The lowest BCUT2D eigenvalue weighted by molar-refractivity contribution is -0.132. The van der Waals surface area contributed by atoms with E-state index in [9.17, 15) is 13.2 Å². The second-order valence-corrected chi connectivity index (χ2v) is 7.40. The summed E-state index contributed by atoms with van der Waals surface area (Å²) in [7, 11) is -3.57. The fraction of sp³-hybridized carbons (Fsp3) is 0.357. The van der Waals surface area contributed by atoms with Gasteiger partial charge in [0, 0.05) is 5.56 Å². The van der Waals surface area contributed by atoms with E-state index < -0.39 is 14.8 Å². The van der Waals surface area contributed by atoms with E-state index >= 15 is 0 Å². The Morgan fingerprint density at radius 3 is 2.55 bits per heavy atom. The Balaban J connectivity index is 2.31. The number of hydrogen-bond acceptors (Lipinski definition) is 4. The molecule has 0 spiro atoms. The van der Waals surface area contributed by atoms with Crippen molar-refractivity contribution in [1.82, 2.24) is 4.31 Å². The van der Waals surface area contributed by atoms with Crippen LogP contribution in [0.1, 0.15) is 25.0 Å². The average molecular weight is 292 g/mol. The summed E-state index contributed by atoms with van der Waals surface area (Å²) in [5.74, 6) is 5.22. The van der Waals surface area contributed by atoms with Gasteiger partial charge in [0.1, 0.15) is 0 Å². The Hall–Kier alpha value is -1.84. The van der Waals surface area contributed by atoms with E-state index in [4.69, 9.17) is 5.73 Å². The maximum absolute atomic E-state index is 12.1. The van der Waals surface area contributed by atoms with Gasteiger partial charge in [-0.15, -0.1) is 0 Å². The summed E-state index contributed by atoms with van der Waals surface area (Å²) < 4.78 is 23.7. The molecule has 0 aromatic heterocycles. The molecule has 6 heteroatoms. The van der Waals surface area contributed by atoms with Crippen LogP contribution in [0.2, 0.25) is 0 Å². The number of hydrogen-bond donors (Lipinski definition) is 1. The highest BCUT2D eigenvalue weighted by Crippen LogP contribution is 2.36. The maximum Gasteiger partial charge on any atom is 0.259 e. The van der Waals surface area contributed by atoms with Gasteiger partial charge in [0.25, 0.3) is 15.9 Å². The topological polar surface area (TPSA) is 80.5 Å². The molecule has 20 heavy (non-hydrogen) atoms. The zero-order chi connectivity index (χ0) is 15.0. The van der Waals surface area contributed by atoms with Crippen LogP contribution in [0.5, 0.6) is 0 Å². The number of nitrogens with zero attached hydrogens (tertiary/aromatic N) is 1. The summed E-state index contributed by atoms with van der Waals surface area (Å²) in [5, 5.41) is 0. The summed E-state index contributed by atoms with van der Waals surface area (Å²) in [6.45, 7) is 3.07. The van der Waals surface area contributed by atoms with E-state index in [-0.39, 0.29) is 19.0 Å². The van der Waals surface area contributed by atoms with Crippen LogP contribution in [-0.4, -0.2) is 29.9 Å². The van der Waals surface area contributed by atoms with Gasteiger partial charge in [-0.2, -0.15) is 0 Å². The first-order chi connectivity index (χ1) is 9.32. The molecule has 1 aliphatic heterocycles. The van der Waals surface area contributed by atoms with Gasteiger partial charge in [0.2, 0.25) is 0 Å². The summed E-state index contributed by atoms with van der Waals surface area (Å²) in [6, 6.07) is 7.13. The fourth-order valence-electron chi connectivity index (χ4n) is 1.99. The molecule has 0 atom stereocenters. The highest BCUT2D eigenvalue weighted by atomic mass is 32.2. The van der Waals surface area contributed by atoms with Crippen LogP contribution in [0.3, 0.4) is 0 Å². The first-order valence-electron chi connectivity index (χ1n) is 6.16. The Morgan fingerprint density at radius 2 is 1.95 bits per heavy atom. The number of amides is 1. The molecule has 1 aliphatic rings. The Morgan fingerprint density at radius 1 is 1.30 bits per heavy atom. The minimum atomic E-state index is -3.57. The van der Waals surface area contributed by atoms with E-state index in [0.29, 0.717) is 11.1 Å². The molecule has 0 saturated carbocycles. The monoisotopic (exact) mass is 292 g/mol. The predicted molar refractivity (Wildman–Crippen MR) is 75.9 cm³/mol. The second kappa shape index (κ2) is 4.93. The van der Waals surface area contributed by atoms with Crippen LogP contribution in [0.4, 0.5) is 0 Å². The van der Waals surface area contributed by atoms with E-state index in [2.05, 4.69) is 11.8 Å². The molecular formula is C14H16N2O3S. The molecule has 1 amide bonds. The van der Waals surface area contributed by atoms with Crippen molar-refractivity contribution < 1.29 is 13.2 Å². The summed E-state index contributed by atoms with van der Waals surface area (Å²) in [4.78, 5) is 11.9.